The van der Waals surface area contributed by atoms with Gasteiger partial charge in [-0.2, -0.15) is 4.98 Å². The predicted molar refractivity (Wildman–Crippen MR) is 146 cm³/mol. The van der Waals surface area contributed by atoms with Crippen LogP contribution in [0.15, 0.2) is 48.7 Å². The lowest BCUT2D eigenvalue weighted by molar-refractivity contribution is -0.118. The molecule has 3 aliphatic rings. The van der Waals surface area contributed by atoms with Crippen LogP contribution in [0.3, 0.4) is 0 Å². The minimum absolute atomic E-state index is 0. The summed E-state index contributed by atoms with van der Waals surface area (Å²) in [5.74, 6) is 1.53. The molecule has 0 bridgehead atoms. The quantitative estimate of drug-likeness (QED) is 0.478. The maximum atomic E-state index is 12.7. The van der Waals surface area contributed by atoms with Crippen molar-refractivity contribution in [3.63, 3.8) is 0 Å². The van der Waals surface area contributed by atoms with Crippen LogP contribution in [0, 0.1) is 12.7 Å². The summed E-state index contributed by atoms with van der Waals surface area (Å²) < 4.78 is 18.0. The van der Waals surface area contributed by atoms with E-state index in [4.69, 9.17) is 4.74 Å². The van der Waals surface area contributed by atoms with E-state index in [9.17, 15) is 14.0 Å². The molecule has 2 aromatic heterocycles. The van der Waals surface area contributed by atoms with Gasteiger partial charge in [0.15, 0.2) is 0 Å². The number of carbonyl (C=O) groups excluding carboxylic acids is 2. The third-order valence-electron chi connectivity index (χ3n) is 7.11. The van der Waals surface area contributed by atoms with Gasteiger partial charge in [0.1, 0.15) is 11.6 Å². The van der Waals surface area contributed by atoms with Gasteiger partial charge < -0.3 is 19.4 Å². The number of hydrogen-bond donors (Lipinski definition) is 0. The number of hydrogen-bond acceptors (Lipinski definition) is 6. The van der Waals surface area contributed by atoms with E-state index in [0.29, 0.717) is 18.8 Å². The number of halogens is 1. The van der Waals surface area contributed by atoms with Gasteiger partial charge >= 0.3 is 0 Å². The van der Waals surface area contributed by atoms with Crippen LogP contribution in [0.4, 0.5) is 21.6 Å². The van der Waals surface area contributed by atoms with Crippen molar-refractivity contribution >= 4 is 29.5 Å². The van der Waals surface area contributed by atoms with Crippen molar-refractivity contribution in [1.82, 2.24) is 9.97 Å². The number of piperidine rings is 1. The summed E-state index contributed by atoms with van der Waals surface area (Å²) in [6.07, 6.45) is 5.58. The molecule has 0 aliphatic carbocycles. The van der Waals surface area contributed by atoms with Gasteiger partial charge in [-0.25, -0.2) is 4.39 Å². The second-order valence-electron chi connectivity index (χ2n) is 9.49. The first-order chi connectivity index (χ1) is 18.0. The molecule has 1 saturated heterocycles. The number of pyridine rings is 2. The average molecular weight is 520 g/mol. The third kappa shape index (κ3) is 5.46. The normalized spacial score (nSPS) is 16.3. The SMILES string of the molecule is C.COc1cc(C)cc(N2CCC(N3C(=O)Cc4ncccc43)CC2)n1.O=CN1CCc2cc(F)ccc21. The maximum Gasteiger partial charge on any atom is 0.233 e. The number of ether oxygens (including phenoxy) is 1. The molecule has 0 saturated carbocycles. The topological polar surface area (TPSA) is 78.9 Å². The van der Waals surface area contributed by atoms with E-state index in [-0.39, 0.29) is 25.2 Å². The first-order valence-electron chi connectivity index (χ1n) is 12.5. The monoisotopic (exact) mass is 519 g/mol. The Morgan fingerprint density at radius 3 is 2.61 bits per heavy atom. The molecule has 0 atom stereocenters. The summed E-state index contributed by atoms with van der Waals surface area (Å²) in [5.41, 5.74) is 4.79. The molecule has 38 heavy (non-hydrogen) atoms. The number of methoxy groups -OCH3 is 1. The number of fused-ring (bicyclic) bond motifs is 2. The van der Waals surface area contributed by atoms with E-state index in [1.165, 1.54) is 12.1 Å². The molecule has 1 aromatic carbocycles. The minimum atomic E-state index is -0.235. The Morgan fingerprint density at radius 1 is 1.08 bits per heavy atom. The van der Waals surface area contributed by atoms with E-state index in [1.807, 2.05) is 30.0 Å². The lowest BCUT2D eigenvalue weighted by Gasteiger charge is -2.37. The molecular weight excluding hydrogens is 485 g/mol. The molecule has 1 fully saturated rings. The molecule has 3 aliphatic heterocycles. The van der Waals surface area contributed by atoms with Gasteiger partial charge in [0, 0.05) is 43.6 Å². The smallest absolute Gasteiger partial charge is 0.233 e. The van der Waals surface area contributed by atoms with Crippen LogP contribution in [0.25, 0.3) is 0 Å². The summed E-state index contributed by atoms with van der Waals surface area (Å²) in [4.78, 5) is 37.7. The van der Waals surface area contributed by atoms with Crippen LogP contribution in [0.5, 0.6) is 5.88 Å². The lowest BCUT2D eigenvalue weighted by atomic mass is 10.0. The number of benzene rings is 1. The van der Waals surface area contributed by atoms with E-state index >= 15 is 0 Å². The molecule has 200 valence electrons. The van der Waals surface area contributed by atoms with E-state index in [1.54, 1.807) is 24.3 Å². The predicted octanol–water partition coefficient (Wildman–Crippen LogP) is 4.33. The molecule has 3 aromatic rings. The van der Waals surface area contributed by atoms with Crippen molar-refractivity contribution < 1.29 is 18.7 Å². The fraction of sp³-hybridized carbons (Fsp3) is 0.379. The number of carbonyl (C=O) groups is 2. The van der Waals surface area contributed by atoms with Crippen molar-refractivity contribution in [3.8, 4) is 5.88 Å². The molecule has 0 radical (unpaired) electrons. The molecule has 6 rings (SSSR count). The largest absolute Gasteiger partial charge is 0.481 e. The highest BCUT2D eigenvalue weighted by Gasteiger charge is 2.35. The Hall–Kier alpha value is -4.01. The highest BCUT2D eigenvalue weighted by Crippen LogP contribution is 2.33. The van der Waals surface area contributed by atoms with Crippen LogP contribution in [-0.2, 0) is 22.4 Å². The zero-order valence-electron chi connectivity index (χ0n) is 21.1. The Morgan fingerprint density at radius 2 is 1.87 bits per heavy atom. The average Bonchev–Trinajstić information content (AvgIpc) is 3.47. The first-order valence-corrected chi connectivity index (χ1v) is 12.5. The van der Waals surface area contributed by atoms with Crippen LogP contribution < -0.4 is 19.4 Å². The molecule has 9 heteroatoms. The summed E-state index contributed by atoms with van der Waals surface area (Å²) in [6.45, 7) is 4.48. The van der Waals surface area contributed by atoms with Gasteiger partial charge in [0.25, 0.3) is 0 Å². The van der Waals surface area contributed by atoms with Crippen LogP contribution in [-0.4, -0.2) is 55.1 Å². The van der Waals surface area contributed by atoms with Gasteiger partial charge in [-0.1, -0.05) is 7.43 Å². The van der Waals surface area contributed by atoms with Crippen LogP contribution in [0.2, 0.25) is 0 Å². The number of rotatable bonds is 4. The highest BCUT2D eigenvalue weighted by atomic mass is 19.1. The van der Waals surface area contributed by atoms with Crippen molar-refractivity contribution in [2.24, 2.45) is 0 Å². The minimum Gasteiger partial charge on any atom is -0.481 e. The fourth-order valence-electron chi connectivity index (χ4n) is 5.29. The molecule has 8 nitrogen and oxygen atoms in total. The highest BCUT2D eigenvalue weighted by molar-refractivity contribution is 6.01. The van der Waals surface area contributed by atoms with Gasteiger partial charge in [-0.15, -0.1) is 0 Å². The molecular formula is C29H34FN5O3. The zero-order chi connectivity index (χ0) is 25.9. The van der Waals surface area contributed by atoms with Crippen molar-refractivity contribution in [3.05, 3.63) is 71.3 Å². The van der Waals surface area contributed by atoms with E-state index in [2.05, 4.69) is 20.9 Å². The Labute approximate surface area is 223 Å². The van der Waals surface area contributed by atoms with E-state index < -0.39 is 0 Å². The van der Waals surface area contributed by atoms with Gasteiger partial charge in [-0.05, 0) is 73.7 Å². The number of aromatic nitrogens is 2. The van der Waals surface area contributed by atoms with Crippen molar-refractivity contribution in [2.75, 3.05) is 41.4 Å². The Bertz CT molecular complexity index is 1310. The summed E-state index contributed by atoms with van der Waals surface area (Å²) >= 11 is 0. The van der Waals surface area contributed by atoms with Gasteiger partial charge in [0.05, 0.1) is 24.9 Å². The standard InChI is InChI=1S/C19H22N4O2.C9H8FNO.CH4/c1-13-10-17(21-18(11-13)25-2)22-8-5-14(6-9-22)23-16-4-3-7-20-15(16)12-19(23)24;10-8-1-2-9-7(5-8)3-4-11(9)6-12;/h3-4,7,10-11,14H,5-6,8-9,12H2,1-2H3;1-2,5-6H,3-4H2;1H4. The first kappa shape index (κ1) is 27.0. The van der Waals surface area contributed by atoms with Crippen LogP contribution >= 0.6 is 0 Å². The third-order valence-corrected chi connectivity index (χ3v) is 7.11. The number of amides is 2. The van der Waals surface area contributed by atoms with Gasteiger partial charge in [0.2, 0.25) is 18.2 Å². The molecule has 0 unspecified atom stereocenters. The molecule has 2 amide bonds. The second-order valence-corrected chi connectivity index (χ2v) is 9.49. The van der Waals surface area contributed by atoms with E-state index in [0.717, 1.165) is 72.8 Å². The zero-order valence-corrected chi connectivity index (χ0v) is 21.1. The van der Waals surface area contributed by atoms with Crippen molar-refractivity contribution in [1.29, 1.82) is 0 Å². The fourth-order valence-corrected chi connectivity index (χ4v) is 5.29. The summed E-state index contributed by atoms with van der Waals surface area (Å²) in [6, 6.07) is 12.7. The Balaban J connectivity index is 0.000000218. The van der Waals surface area contributed by atoms with Crippen molar-refractivity contribution in [2.45, 2.75) is 46.1 Å². The summed E-state index contributed by atoms with van der Waals surface area (Å²) in [7, 11) is 1.64. The Kier molecular flexibility index (Phi) is 8.24. The number of aryl methyl sites for hydroxylation is 1. The number of nitrogens with zero attached hydrogens (tertiary/aromatic N) is 5. The maximum absolute atomic E-state index is 12.7. The second kappa shape index (κ2) is 11.6. The number of anilines is 3. The lowest BCUT2D eigenvalue weighted by Crippen LogP contribution is -2.46. The van der Waals surface area contributed by atoms with Gasteiger partial charge in [-0.3, -0.25) is 14.6 Å². The molecule has 5 heterocycles. The molecule has 0 N–H and O–H groups in total. The van der Waals surface area contributed by atoms with Crippen LogP contribution in [0.1, 0.15) is 37.1 Å². The molecule has 0 spiro atoms. The summed E-state index contributed by atoms with van der Waals surface area (Å²) in [5, 5.41) is 0.